The molecule has 0 saturated heterocycles. The van der Waals surface area contributed by atoms with Crippen LogP contribution in [0.4, 0.5) is 0 Å². The minimum atomic E-state index is 0.117. The molecule has 3 heteroatoms. The van der Waals surface area contributed by atoms with Gasteiger partial charge in [-0.2, -0.15) is 0 Å². The van der Waals surface area contributed by atoms with Crippen LogP contribution in [0.3, 0.4) is 0 Å². The Hall–Kier alpha value is -1.35. The lowest BCUT2D eigenvalue weighted by Crippen LogP contribution is -2.29. The van der Waals surface area contributed by atoms with E-state index in [1.165, 1.54) is 16.7 Å². The topological polar surface area (TPSA) is 38.0 Å². The SMILES string of the molecule is Cc1ccc(C(Cc2ccc(Cl)cc2)NN)cc1. The summed E-state index contributed by atoms with van der Waals surface area (Å²) < 4.78 is 0. The van der Waals surface area contributed by atoms with E-state index in [1.807, 2.05) is 24.3 Å². The molecule has 1 unspecified atom stereocenters. The molecule has 1 atom stereocenters. The fourth-order valence-electron chi connectivity index (χ4n) is 1.93. The zero-order valence-electron chi connectivity index (χ0n) is 10.4. The van der Waals surface area contributed by atoms with E-state index >= 15 is 0 Å². The highest BCUT2D eigenvalue weighted by molar-refractivity contribution is 6.30. The molecule has 0 bridgehead atoms. The molecule has 0 spiro atoms. The number of nitrogens with one attached hydrogen (secondary N) is 1. The molecule has 0 amide bonds. The minimum Gasteiger partial charge on any atom is -0.271 e. The lowest BCUT2D eigenvalue weighted by atomic mass is 9.99. The van der Waals surface area contributed by atoms with Crippen LogP contribution < -0.4 is 11.3 Å². The van der Waals surface area contributed by atoms with Gasteiger partial charge in [-0.05, 0) is 36.6 Å². The molecule has 0 aliphatic rings. The van der Waals surface area contributed by atoms with Crippen LogP contribution in [0.1, 0.15) is 22.7 Å². The van der Waals surface area contributed by atoms with Crippen LogP contribution in [0, 0.1) is 6.92 Å². The van der Waals surface area contributed by atoms with Gasteiger partial charge in [0.15, 0.2) is 0 Å². The summed E-state index contributed by atoms with van der Waals surface area (Å²) in [6.45, 7) is 2.08. The van der Waals surface area contributed by atoms with Crippen molar-refractivity contribution in [3.8, 4) is 0 Å². The predicted octanol–water partition coefficient (Wildman–Crippen LogP) is 3.40. The predicted molar refractivity (Wildman–Crippen MR) is 76.4 cm³/mol. The summed E-state index contributed by atoms with van der Waals surface area (Å²) in [4.78, 5) is 0. The van der Waals surface area contributed by atoms with Gasteiger partial charge >= 0.3 is 0 Å². The van der Waals surface area contributed by atoms with Crippen molar-refractivity contribution in [3.63, 3.8) is 0 Å². The van der Waals surface area contributed by atoms with Gasteiger partial charge in [-0.25, -0.2) is 0 Å². The summed E-state index contributed by atoms with van der Waals surface area (Å²) in [5.41, 5.74) is 6.52. The second-order valence-corrected chi connectivity index (χ2v) is 4.90. The molecule has 2 rings (SSSR count). The normalized spacial score (nSPS) is 12.4. The number of benzene rings is 2. The second-order valence-electron chi connectivity index (χ2n) is 4.46. The summed E-state index contributed by atoms with van der Waals surface area (Å²) >= 11 is 5.88. The van der Waals surface area contributed by atoms with Crippen LogP contribution in [0.2, 0.25) is 5.02 Å². The third kappa shape index (κ3) is 3.33. The molecular weight excluding hydrogens is 244 g/mol. The zero-order chi connectivity index (χ0) is 13.0. The van der Waals surface area contributed by atoms with Gasteiger partial charge in [-0.1, -0.05) is 53.6 Å². The molecule has 18 heavy (non-hydrogen) atoms. The molecule has 0 saturated carbocycles. The Kier molecular flexibility index (Phi) is 4.37. The van der Waals surface area contributed by atoms with Crippen molar-refractivity contribution in [2.24, 2.45) is 5.84 Å². The molecule has 2 aromatic rings. The number of hydrogen-bond donors (Lipinski definition) is 2. The molecular formula is C15H17ClN2. The average molecular weight is 261 g/mol. The zero-order valence-corrected chi connectivity index (χ0v) is 11.1. The van der Waals surface area contributed by atoms with E-state index in [9.17, 15) is 0 Å². The van der Waals surface area contributed by atoms with Crippen molar-refractivity contribution < 1.29 is 0 Å². The van der Waals surface area contributed by atoms with Crippen molar-refractivity contribution in [1.82, 2.24) is 5.43 Å². The molecule has 0 aliphatic carbocycles. The maximum absolute atomic E-state index is 5.88. The van der Waals surface area contributed by atoms with Gasteiger partial charge in [0.25, 0.3) is 0 Å². The fourth-order valence-corrected chi connectivity index (χ4v) is 2.05. The maximum Gasteiger partial charge on any atom is 0.0500 e. The van der Waals surface area contributed by atoms with Crippen molar-refractivity contribution >= 4 is 11.6 Å². The van der Waals surface area contributed by atoms with E-state index in [2.05, 4.69) is 36.6 Å². The van der Waals surface area contributed by atoms with Crippen LogP contribution in [-0.2, 0) is 6.42 Å². The summed E-state index contributed by atoms with van der Waals surface area (Å²) in [5, 5.41) is 0.756. The standard InChI is InChI=1S/C15H17ClN2/c1-11-2-6-13(7-3-11)15(18-17)10-12-4-8-14(16)9-5-12/h2-9,15,18H,10,17H2,1H3. The first-order chi connectivity index (χ1) is 8.69. The lowest BCUT2D eigenvalue weighted by molar-refractivity contribution is 0.552. The highest BCUT2D eigenvalue weighted by Crippen LogP contribution is 2.19. The van der Waals surface area contributed by atoms with Crippen LogP contribution in [0.5, 0.6) is 0 Å². The van der Waals surface area contributed by atoms with Crippen LogP contribution >= 0.6 is 11.6 Å². The van der Waals surface area contributed by atoms with E-state index in [1.54, 1.807) is 0 Å². The van der Waals surface area contributed by atoms with E-state index < -0.39 is 0 Å². The molecule has 0 aromatic heterocycles. The maximum atomic E-state index is 5.88. The largest absolute Gasteiger partial charge is 0.271 e. The quantitative estimate of drug-likeness (QED) is 0.653. The molecule has 2 aromatic carbocycles. The van der Waals surface area contributed by atoms with Crippen molar-refractivity contribution in [2.45, 2.75) is 19.4 Å². The molecule has 3 N–H and O–H groups in total. The number of hydrazine groups is 1. The number of hydrogen-bond acceptors (Lipinski definition) is 2. The molecule has 0 radical (unpaired) electrons. The monoisotopic (exact) mass is 260 g/mol. The minimum absolute atomic E-state index is 0.117. The van der Waals surface area contributed by atoms with Gasteiger partial charge in [0.05, 0.1) is 0 Å². The summed E-state index contributed by atoms with van der Waals surface area (Å²) in [6.07, 6.45) is 0.844. The number of rotatable bonds is 4. The highest BCUT2D eigenvalue weighted by atomic mass is 35.5. The van der Waals surface area contributed by atoms with Gasteiger partial charge in [0, 0.05) is 11.1 Å². The third-order valence-corrected chi connectivity index (χ3v) is 3.29. The summed E-state index contributed by atoms with van der Waals surface area (Å²) in [7, 11) is 0. The van der Waals surface area contributed by atoms with Gasteiger partial charge in [-0.15, -0.1) is 0 Å². The number of aryl methyl sites for hydroxylation is 1. The first-order valence-electron chi connectivity index (χ1n) is 5.96. The van der Waals surface area contributed by atoms with E-state index in [-0.39, 0.29) is 6.04 Å². The molecule has 0 fully saturated rings. The van der Waals surface area contributed by atoms with E-state index in [0.29, 0.717) is 0 Å². The Labute approximate surface area is 113 Å². The van der Waals surface area contributed by atoms with Crippen LogP contribution in [-0.4, -0.2) is 0 Å². The Bertz CT molecular complexity index is 491. The van der Waals surface area contributed by atoms with Crippen molar-refractivity contribution in [1.29, 1.82) is 0 Å². The van der Waals surface area contributed by atoms with E-state index in [4.69, 9.17) is 17.4 Å². The van der Waals surface area contributed by atoms with Gasteiger partial charge < -0.3 is 0 Å². The third-order valence-electron chi connectivity index (χ3n) is 3.03. The van der Waals surface area contributed by atoms with Gasteiger partial charge in [0.1, 0.15) is 0 Å². The van der Waals surface area contributed by atoms with Crippen LogP contribution in [0.25, 0.3) is 0 Å². The fraction of sp³-hybridized carbons (Fsp3) is 0.200. The first kappa shape index (κ1) is 13.1. The van der Waals surface area contributed by atoms with Gasteiger partial charge in [0.2, 0.25) is 0 Å². The Morgan fingerprint density at radius 1 is 1.06 bits per heavy atom. The average Bonchev–Trinajstić information content (AvgIpc) is 2.39. The van der Waals surface area contributed by atoms with E-state index in [0.717, 1.165) is 11.4 Å². The van der Waals surface area contributed by atoms with Crippen molar-refractivity contribution in [2.75, 3.05) is 0 Å². The molecule has 2 nitrogen and oxygen atoms in total. The van der Waals surface area contributed by atoms with Gasteiger partial charge in [-0.3, -0.25) is 11.3 Å². The Balaban J connectivity index is 2.14. The Morgan fingerprint density at radius 3 is 2.22 bits per heavy atom. The summed E-state index contributed by atoms with van der Waals surface area (Å²) in [6, 6.07) is 16.4. The molecule has 94 valence electrons. The van der Waals surface area contributed by atoms with Crippen molar-refractivity contribution in [3.05, 3.63) is 70.2 Å². The molecule has 0 heterocycles. The Morgan fingerprint density at radius 2 is 1.67 bits per heavy atom. The smallest absolute Gasteiger partial charge is 0.0500 e. The lowest BCUT2D eigenvalue weighted by Gasteiger charge is -2.16. The van der Waals surface area contributed by atoms with Crippen LogP contribution in [0.15, 0.2) is 48.5 Å². The second kappa shape index (κ2) is 6.01. The summed E-state index contributed by atoms with van der Waals surface area (Å²) in [5.74, 6) is 5.64. The first-order valence-corrected chi connectivity index (χ1v) is 6.34. The number of nitrogens with two attached hydrogens (primary N) is 1. The number of halogens is 1. The molecule has 0 aliphatic heterocycles. The highest BCUT2D eigenvalue weighted by Gasteiger charge is 2.10.